The van der Waals surface area contributed by atoms with Gasteiger partial charge in [-0.1, -0.05) is 6.07 Å². The van der Waals surface area contributed by atoms with Gasteiger partial charge in [0.25, 0.3) is 0 Å². The SMILES string of the molecule is COc1cccc(N2CCN(C3=Nc4cscc4CN3c3cc(C(F)(F)F)ccc3OC)CC2)c1. The van der Waals surface area contributed by atoms with Crippen molar-refractivity contribution >= 4 is 34.4 Å². The van der Waals surface area contributed by atoms with E-state index in [0.717, 1.165) is 47.9 Å². The van der Waals surface area contributed by atoms with Crippen molar-refractivity contribution in [2.75, 3.05) is 50.2 Å². The second kappa shape index (κ2) is 9.33. The van der Waals surface area contributed by atoms with Crippen LogP contribution in [0.25, 0.3) is 0 Å². The second-order valence-corrected chi connectivity index (χ2v) is 9.08. The summed E-state index contributed by atoms with van der Waals surface area (Å²) in [6.45, 7) is 3.26. The number of benzene rings is 2. The van der Waals surface area contributed by atoms with Gasteiger partial charge in [-0.2, -0.15) is 13.2 Å². The molecule has 0 spiro atoms. The number of methoxy groups -OCH3 is 2. The van der Waals surface area contributed by atoms with Crippen LogP contribution in [-0.4, -0.2) is 51.3 Å². The van der Waals surface area contributed by atoms with E-state index < -0.39 is 11.7 Å². The van der Waals surface area contributed by atoms with E-state index >= 15 is 0 Å². The minimum Gasteiger partial charge on any atom is -0.497 e. The Bertz CT molecular complexity index is 1240. The maximum atomic E-state index is 13.6. The number of nitrogens with zero attached hydrogens (tertiary/aromatic N) is 4. The van der Waals surface area contributed by atoms with Gasteiger partial charge >= 0.3 is 6.18 Å². The minimum absolute atomic E-state index is 0.355. The number of aliphatic imine (C=N–C) groups is 1. The third-order valence-corrected chi connectivity index (χ3v) is 7.07. The number of hydrogen-bond acceptors (Lipinski definition) is 7. The molecule has 1 fully saturated rings. The van der Waals surface area contributed by atoms with E-state index in [1.807, 2.05) is 39.9 Å². The van der Waals surface area contributed by atoms with Gasteiger partial charge in [-0.15, -0.1) is 11.3 Å². The standard InChI is InChI=1S/C25H25F3N4O2S/c1-33-20-5-3-4-19(13-20)30-8-10-31(11-9-30)24-29-21-16-35-15-17(21)14-32(24)22-12-18(25(26,27)28)6-7-23(22)34-2/h3-7,12-13,15-16H,8-11,14H2,1-2H3. The number of piperazine rings is 1. The topological polar surface area (TPSA) is 40.5 Å². The number of guanidine groups is 1. The van der Waals surface area contributed by atoms with Crippen LogP contribution >= 0.6 is 11.3 Å². The van der Waals surface area contributed by atoms with Crippen LogP contribution in [0, 0.1) is 0 Å². The van der Waals surface area contributed by atoms with Crippen LogP contribution in [0.3, 0.4) is 0 Å². The number of halogens is 3. The zero-order valence-corrected chi connectivity index (χ0v) is 20.2. The average Bonchev–Trinajstić information content (AvgIpc) is 3.35. The van der Waals surface area contributed by atoms with Crippen molar-refractivity contribution in [3.8, 4) is 11.5 Å². The molecule has 0 radical (unpaired) electrons. The molecule has 0 bridgehead atoms. The molecule has 3 aromatic rings. The molecule has 2 aliphatic rings. The van der Waals surface area contributed by atoms with E-state index in [2.05, 4.69) is 9.80 Å². The molecule has 10 heteroatoms. The van der Waals surface area contributed by atoms with Crippen LogP contribution < -0.4 is 19.3 Å². The first-order valence-electron chi connectivity index (χ1n) is 11.2. The molecule has 0 amide bonds. The van der Waals surface area contributed by atoms with E-state index in [0.29, 0.717) is 37.0 Å². The predicted octanol–water partition coefficient (Wildman–Crippen LogP) is 5.61. The van der Waals surface area contributed by atoms with Crippen molar-refractivity contribution in [3.63, 3.8) is 0 Å². The van der Waals surface area contributed by atoms with Crippen LogP contribution in [0.15, 0.2) is 58.2 Å². The first-order valence-corrected chi connectivity index (χ1v) is 12.1. The number of alkyl halides is 3. The maximum Gasteiger partial charge on any atom is 0.416 e. The Kier molecular flexibility index (Phi) is 6.22. The molecule has 6 nitrogen and oxygen atoms in total. The van der Waals surface area contributed by atoms with Crippen LogP contribution in [0.4, 0.5) is 30.2 Å². The van der Waals surface area contributed by atoms with Crippen molar-refractivity contribution < 1.29 is 22.6 Å². The Morgan fingerprint density at radius 3 is 2.40 bits per heavy atom. The van der Waals surface area contributed by atoms with Crippen molar-refractivity contribution in [2.45, 2.75) is 12.7 Å². The Morgan fingerprint density at radius 1 is 0.914 bits per heavy atom. The highest BCUT2D eigenvalue weighted by Crippen LogP contribution is 2.40. The average molecular weight is 503 g/mol. The van der Waals surface area contributed by atoms with Gasteiger partial charge in [0.2, 0.25) is 5.96 Å². The third-order valence-electron chi connectivity index (χ3n) is 6.29. The van der Waals surface area contributed by atoms with Gasteiger partial charge in [0, 0.05) is 48.9 Å². The Balaban J connectivity index is 1.45. The van der Waals surface area contributed by atoms with Crippen molar-refractivity contribution in [1.29, 1.82) is 0 Å². The van der Waals surface area contributed by atoms with Gasteiger partial charge < -0.3 is 24.2 Å². The first kappa shape index (κ1) is 23.3. The molecule has 0 aliphatic carbocycles. The number of anilines is 2. The van der Waals surface area contributed by atoms with E-state index in [9.17, 15) is 13.2 Å². The monoisotopic (exact) mass is 502 g/mol. The lowest BCUT2D eigenvalue weighted by molar-refractivity contribution is -0.137. The highest BCUT2D eigenvalue weighted by atomic mass is 32.1. The molecular weight excluding hydrogens is 477 g/mol. The van der Waals surface area contributed by atoms with Gasteiger partial charge in [0.15, 0.2) is 0 Å². The summed E-state index contributed by atoms with van der Waals surface area (Å²) < 4.78 is 51.5. The van der Waals surface area contributed by atoms with E-state index in [1.165, 1.54) is 24.5 Å². The second-order valence-electron chi connectivity index (χ2n) is 8.34. The number of fused-ring (bicyclic) bond motifs is 1. The maximum absolute atomic E-state index is 13.6. The summed E-state index contributed by atoms with van der Waals surface area (Å²) in [6, 6.07) is 11.5. The van der Waals surface area contributed by atoms with Gasteiger partial charge in [-0.3, -0.25) is 0 Å². The summed E-state index contributed by atoms with van der Waals surface area (Å²) in [5.41, 5.74) is 2.56. The molecule has 3 heterocycles. The molecule has 5 rings (SSSR count). The van der Waals surface area contributed by atoms with E-state index in [-0.39, 0.29) is 0 Å². The summed E-state index contributed by atoms with van der Waals surface area (Å²) in [6.07, 6.45) is -4.45. The Hall–Kier alpha value is -3.40. The molecule has 1 aromatic heterocycles. The minimum atomic E-state index is -4.45. The molecule has 1 saturated heterocycles. The molecular formula is C25H25F3N4O2S. The lowest BCUT2D eigenvalue weighted by Gasteiger charge is -2.42. The highest BCUT2D eigenvalue weighted by Gasteiger charge is 2.35. The lowest BCUT2D eigenvalue weighted by atomic mass is 10.1. The van der Waals surface area contributed by atoms with Crippen LogP contribution in [-0.2, 0) is 12.7 Å². The Morgan fingerprint density at radius 2 is 1.69 bits per heavy atom. The normalized spacial score (nSPS) is 16.1. The van der Waals surface area contributed by atoms with Crippen LogP contribution in [0.2, 0.25) is 0 Å². The molecule has 35 heavy (non-hydrogen) atoms. The molecule has 2 aliphatic heterocycles. The first-order chi connectivity index (χ1) is 16.9. The fraction of sp³-hybridized carbons (Fsp3) is 0.320. The number of ether oxygens (including phenoxy) is 2. The van der Waals surface area contributed by atoms with Gasteiger partial charge in [0.1, 0.15) is 11.5 Å². The molecule has 2 aromatic carbocycles. The summed E-state index contributed by atoms with van der Waals surface area (Å²) in [5, 5.41) is 3.96. The Labute approximate surface area is 205 Å². The fourth-order valence-corrected chi connectivity index (χ4v) is 5.19. The third kappa shape index (κ3) is 4.62. The van der Waals surface area contributed by atoms with Crippen molar-refractivity contribution in [1.82, 2.24) is 4.90 Å². The number of hydrogen-bond donors (Lipinski definition) is 0. The largest absolute Gasteiger partial charge is 0.497 e. The summed E-state index contributed by atoms with van der Waals surface area (Å²) in [7, 11) is 3.11. The van der Waals surface area contributed by atoms with E-state index in [4.69, 9.17) is 14.5 Å². The molecule has 0 unspecified atom stereocenters. The highest BCUT2D eigenvalue weighted by molar-refractivity contribution is 7.08. The summed E-state index contributed by atoms with van der Waals surface area (Å²) >= 11 is 1.54. The number of thiophene rings is 1. The lowest BCUT2D eigenvalue weighted by Crippen LogP contribution is -2.54. The van der Waals surface area contributed by atoms with Crippen molar-refractivity contribution in [2.24, 2.45) is 4.99 Å². The predicted molar refractivity (Wildman–Crippen MR) is 132 cm³/mol. The summed E-state index contributed by atoms with van der Waals surface area (Å²) in [4.78, 5) is 11.1. The van der Waals surface area contributed by atoms with Crippen molar-refractivity contribution in [3.05, 3.63) is 64.4 Å². The molecule has 0 N–H and O–H groups in total. The zero-order chi connectivity index (χ0) is 24.6. The quantitative estimate of drug-likeness (QED) is 0.464. The van der Waals surface area contributed by atoms with Gasteiger partial charge in [0.05, 0.1) is 37.7 Å². The fourth-order valence-electron chi connectivity index (χ4n) is 4.43. The smallest absolute Gasteiger partial charge is 0.416 e. The van der Waals surface area contributed by atoms with Crippen LogP contribution in [0.5, 0.6) is 11.5 Å². The molecule has 0 saturated carbocycles. The molecule has 0 atom stereocenters. The number of rotatable bonds is 4. The van der Waals surface area contributed by atoms with Crippen LogP contribution in [0.1, 0.15) is 11.1 Å². The van der Waals surface area contributed by atoms with Gasteiger partial charge in [-0.05, 0) is 35.7 Å². The summed E-state index contributed by atoms with van der Waals surface area (Å²) in [5.74, 6) is 1.81. The van der Waals surface area contributed by atoms with Gasteiger partial charge in [-0.25, -0.2) is 4.99 Å². The molecule has 184 valence electrons. The van der Waals surface area contributed by atoms with E-state index in [1.54, 1.807) is 7.11 Å². The zero-order valence-electron chi connectivity index (χ0n) is 19.4.